The van der Waals surface area contributed by atoms with Crippen molar-refractivity contribution in [2.24, 2.45) is 11.7 Å². The van der Waals surface area contributed by atoms with E-state index in [0.717, 1.165) is 55.6 Å². The van der Waals surface area contributed by atoms with Gasteiger partial charge in [-0.15, -0.1) is 12.4 Å². The van der Waals surface area contributed by atoms with Crippen LogP contribution in [0.3, 0.4) is 0 Å². The first kappa shape index (κ1) is 21.9. The first-order valence-electron chi connectivity index (χ1n) is 9.41. The lowest BCUT2D eigenvalue weighted by Crippen LogP contribution is -2.37. The molecule has 2 aromatic rings. The molecule has 0 saturated carbocycles. The number of benzene rings is 2. The summed E-state index contributed by atoms with van der Waals surface area (Å²) in [5.41, 5.74) is 9.84. The summed E-state index contributed by atoms with van der Waals surface area (Å²) < 4.78 is 4.85. The number of likely N-dealkylation sites (tertiary alicyclic amines) is 1. The van der Waals surface area contributed by atoms with Gasteiger partial charge in [-0.1, -0.05) is 48.5 Å². The van der Waals surface area contributed by atoms with Crippen molar-refractivity contribution in [3.63, 3.8) is 0 Å². The number of nitrogen functional groups attached to an aromatic ring is 1. The van der Waals surface area contributed by atoms with Crippen LogP contribution >= 0.6 is 12.4 Å². The highest BCUT2D eigenvalue weighted by molar-refractivity contribution is 5.95. The van der Waals surface area contributed by atoms with E-state index in [1.54, 1.807) is 0 Å². The molecule has 2 aromatic carbocycles. The Morgan fingerprint density at radius 3 is 2.11 bits per heavy atom. The number of carbonyl (C=O) groups is 1. The van der Waals surface area contributed by atoms with Crippen LogP contribution in [0.1, 0.15) is 24.0 Å². The molecule has 0 bridgehead atoms. The fourth-order valence-electron chi connectivity index (χ4n) is 3.55. The van der Waals surface area contributed by atoms with Gasteiger partial charge < -0.3 is 15.4 Å². The van der Waals surface area contributed by atoms with Crippen LogP contribution in [0.15, 0.2) is 48.5 Å². The fourth-order valence-corrected chi connectivity index (χ4v) is 3.55. The second-order valence-electron chi connectivity index (χ2n) is 7.08. The average molecular weight is 402 g/mol. The molecule has 28 heavy (non-hydrogen) atoms. The van der Waals surface area contributed by atoms with E-state index in [9.17, 15) is 4.79 Å². The summed E-state index contributed by atoms with van der Waals surface area (Å²) in [5.74, 6) is 0.0917. The highest BCUT2D eigenvalue weighted by atomic mass is 35.5. The molecule has 5 nitrogen and oxygen atoms in total. The molecule has 1 aliphatic rings. The zero-order valence-corrected chi connectivity index (χ0v) is 17.0. The Hall–Kier alpha value is -2.37. The lowest BCUT2D eigenvalue weighted by molar-refractivity contribution is -0.147. The van der Waals surface area contributed by atoms with Crippen LogP contribution in [-0.2, 0) is 16.0 Å². The molecule has 0 atom stereocenters. The van der Waals surface area contributed by atoms with Crippen LogP contribution in [0.25, 0.3) is 11.1 Å². The highest BCUT2D eigenvalue weighted by Crippen LogP contribution is 2.22. The van der Waals surface area contributed by atoms with Gasteiger partial charge in [-0.25, -0.2) is 0 Å². The molecule has 0 aromatic heterocycles. The van der Waals surface area contributed by atoms with Crippen LogP contribution < -0.4 is 5.73 Å². The van der Waals surface area contributed by atoms with Crippen molar-refractivity contribution in [3.8, 4) is 11.1 Å². The standard InChI is InChI=1S/C22H27N3O2.ClH/c1-27-22(26)20-11-14-25(15-12-20)13-10-16-2-4-17(5-3-16)18-6-8-19(9-7-18)21(23)24;/h2-9,20H,10-15H2,1H3,(H3,23,24);1H. The van der Waals surface area contributed by atoms with E-state index in [2.05, 4.69) is 29.2 Å². The second-order valence-corrected chi connectivity index (χ2v) is 7.08. The van der Waals surface area contributed by atoms with Gasteiger partial charge in [0.1, 0.15) is 5.84 Å². The molecule has 1 aliphatic heterocycles. The number of rotatable bonds is 6. The number of carbonyl (C=O) groups excluding carboxylic acids is 1. The maximum Gasteiger partial charge on any atom is 0.308 e. The summed E-state index contributed by atoms with van der Waals surface area (Å²) in [6.45, 7) is 2.93. The minimum atomic E-state index is -0.0680. The predicted octanol–water partition coefficient (Wildman–Crippen LogP) is 3.49. The summed E-state index contributed by atoms with van der Waals surface area (Å²) in [6.07, 6.45) is 2.79. The van der Waals surface area contributed by atoms with E-state index >= 15 is 0 Å². The topological polar surface area (TPSA) is 79.4 Å². The van der Waals surface area contributed by atoms with Gasteiger partial charge in [0, 0.05) is 12.1 Å². The molecule has 0 amide bonds. The van der Waals surface area contributed by atoms with Gasteiger partial charge in [-0.05, 0) is 49.0 Å². The lowest BCUT2D eigenvalue weighted by Gasteiger charge is -2.30. The van der Waals surface area contributed by atoms with Crippen molar-refractivity contribution in [2.75, 3.05) is 26.7 Å². The van der Waals surface area contributed by atoms with Crippen LogP contribution in [-0.4, -0.2) is 43.4 Å². The molecule has 0 radical (unpaired) electrons. The van der Waals surface area contributed by atoms with Gasteiger partial charge in [0.15, 0.2) is 0 Å². The SMILES string of the molecule is COC(=O)C1CCN(CCc2ccc(-c3ccc(C(=N)N)cc3)cc2)CC1.Cl. The maximum atomic E-state index is 11.6. The van der Waals surface area contributed by atoms with Crippen molar-refractivity contribution >= 4 is 24.2 Å². The van der Waals surface area contributed by atoms with E-state index < -0.39 is 0 Å². The molecule has 150 valence electrons. The van der Waals surface area contributed by atoms with E-state index in [-0.39, 0.29) is 30.1 Å². The predicted molar refractivity (Wildman–Crippen MR) is 115 cm³/mol. The Balaban J connectivity index is 0.00000280. The molecule has 1 saturated heterocycles. The first-order chi connectivity index (χ1) is 13.1. The van der Waals surface area contributed by atoms with Crippen LogP contribution in [0.2, 0.25) is 0 Å². The van der Waals surface area contributed by atoms with Gasteiger partial charge in [0.05, 0.1) is 13.0 Å². The van der Waals surface area contributed by atoms with Crippen molar-refractivity contribution in [1.29, 1.82) is 5.41 Å². The Bertz CT molecular complexity index is 782. The number of hydrogen-bond donors (Lipinski definition) is 2. The highest BCUT2D eigenvalue weighted by Gasteiger charge is 2.25. The monoisotopic (exact) mass is 401 g/mol. The fraction of sp³-hybridized carbons (Fsp3) is 0.364. The number of amidine groups is 1. The van der Waals surface area contributed by atoms with E-state index in [1.807, 2.05) is 24.3 Å². The first-order valence-corrected chi connectivity index (χ1v) is 9.41. The number of nitrogens with one attached hydrogen (secondary N) is 1. The Kier molecular flexibility index (Phi) is 8.03. The Morgan fingerprint density at radius 1 is 1.07 bits per heavy atom. The van der Waals surface area contributed by atoms with Crippen LogP contribution in [0, 0.1) is 11.3 Å². The molecular formula is C22H28ClN3O2. The molecule has 3 N–H and O–H groups in total. The van der Waals surface area contributed by atoms with E-state index in [4.69, 9.17) is 15.9 Å². The minimum absolute atomic E-state index is 0. The summed E-state index contributed by atoms with van der Waals surface area (Å²) in [5, 5.41) is 7.46. The number of esters is 1. The molecule has 6 heteroatoms. The molecule has 1 fully saturated rings. The number of halogens is 1. The maximum absolute atomic E-state index is 11.6. The van der Waals surface area contributed by atoms with Crippen molar-refractivity contribution in [1.82, 2.24) is 4.90 Å². The zero-order valence-electron chi connectivity index (χ0n) is 16.2. The number of ether oxygens (including phenoxy) is 1. The Labute approximate surface area is 172 Å². The molecule has 3 rings (SSSR count). The quantitative estimate of drug-likeness (QED) is 0.441. The van der Waals surface area contributed by atoms with Gasteiger partial charge in [-0.3, -0.25) is 10.2 Å². The normalized spacial score (nSPS) is 14.9. The average Bonchev–Trinajstić information content (AvgIpc) is 2.72. The van der Waals surface area contributed by atoms with E-state index in [1.165, 1.54) is 12.7 Å². The molecular weight excluding hydrogens is 374 g/mol. The summed E-state index contributed by atoms with van der Waals surface area (Å²) in [7, 11) is 1.47. The van der Waals surface area contributed by atoms with Gasteiger partial charge in [-0.2, -0.15) is 0 Å². The number of piperidine rings is 1. The third-order valence-corrected chi connectivity index (χ3v) is 5.32. The summed E-state index contributed by atoms with van der Waals surface area (Å²) in [4.78, 5) is 14.0. The van der Waals surface area contributed by atoms with Crippen molar-refractivity contribution < 1.29 is 9.53 Å². The number of methoxy groups -OCH3 is 1. The van der Waals surface area contributed by atoms with Crippen LogP contribution in [0.5, 0.6) is 0 Å². The molecule has 1 heterocycles. The zero-order chi connectivity index (χ0) is 19.2. The summed E-state index contributed by atoms with van der Waals surface area (Å²) >= 11 is 0. The smallest absolute Gasteiger partial charge is 0.308 e. The van der Waals surface area contributed by atoms with E-state index in [0.29, 0.717) is 0 Å². The third-order valence-electron chi connectivity index (χ3n) is 5.32. The van der Waals surface area contributed by atoms with Crippen molar-refractivity contribution in [2.45, 2.75) is 19.3 Å². The lowest BCUT2D eigenvalue weighted by atomic mass is 9.96. The van der Waals surface area contributed by atoms with Crippen LogP contribution in [0.4, 0.5) is 0 Å². The van der Waals surface area contributed by atoms with Gasteiger partial charge in [0.25, 0.3) is 0 Å². The second kappa shape index (κ2) is 10.2. The van der Waals surface area contributed by atoms with Gasteiger partial charge in [0.2, 0.25) is 0 Å². The van der Waals surface area contributed by atoms with Crippen molar-refractivity contribution in [3.05, 3.63) is 59.7 Å². The number of hydrogen-bond acceptors (Lipinski definition) is 4. The Morgan fingerprint density at radius 2 is 1.61 bits per heavy atom. The minimum Gasteiger partial charge on any atom is -0.469 e. The largest absolute Gasteiger partial charge is 0.469 e. The number of nitrogens with zero attached hydrogens (tertiary/aromatic N) is 1. The van der Waals surface area contributed by atoms with Gasteiger partial charge >= 0.3 is 5.97 Å². The number of nitrogens with two attached hydrogens (primary N) is 1. The molecule has 0 spiro atoms. The molecule has 0 aliphatic carbocycles. The third kappa shape index (κ3) is 5.57. The summed E-state index contributed by atoms with van der Waals surface area (Å²) in [6, 6.07) is 16.4. The molecule has 0 unspecified atom stereocenters.